The van der Waals surface area contributed by atoms with Crippen molar-refractivity contribution in [3.8, 4) is 16.9 Å². The molecule has 0 spiro atoms. The van der Waals surface area contributed by atoms with Gasteiger partial charge in [-0.25, -0.2) is 4.79 Å². The third kappa shape index (κ3) is 4.81. The van der Waals surface area contributed by atoms with Crippen LogP contribution < -0.4 is 10.1 Å². The number of ether oxygens (including phenoxy) is 2. The van der Waals surface area contributed by atoms with Gasteiger partial charge in [0.1, 0.15) is 11.9 Å². The van der Waals surface area contributed by atoms with E-state index in [-0.39, 0.29) is 23.7 Å². The molecule has 3 heterocycles. The number of alkyl carbamates (subject to hydrolysis) is 1. The molecule has 5 nitrogen and oxygen atoms in total. The van der Waals surface area contributed by atoms with E-state index in [1.165, 1.54) is 16.7 Å². The highest BCUT2D eigenvalue weighted by molar-refractivity contribution is 5.70. The van der Waals surface area contributed by atoms with Crippen molar-refractivity contribution in [3.05, 3.63) is 53.6 Å². The highest BCUT2D eigenvalue weighted by atomic mass is 16.6. The van der Waals surface area contributed by atoms with E-state index in [4.69, 9.17) is 9.47 Å². The zero-order chi connectivity index (χ0) is 23.7. The maximum atomic E-state index is 12.9. The van der Waals surface area contributed by atoms with Crippen LogP contribution in [-0.4, -0.2) is 43.3 Å². The largest absolute Gasteiger partial charge is 0.494 e. The lowest BCUT2D eigenvalue weighted by Crippen LogP contribution is -2.53. The number of nitrogens with zero attached hydrogens (tertiary/aromatic N) is 1. The highest BCUT2D eigenvalue weighted by Crippen LogP contribution is 2.46. The molecule has 0 aromatic heterocycles. The fourth-order valence-corrected chi connectivity index (χ4v) is 5.94. The predicted octanol–water partition coefficient (Wildman–Crippen LogP) is 5.98. The van der Waals surface area contributed by atoms with Crippen molar-refractivity contribution in [2.75, 3.05) is 26.2 Å². The van der Waals surface area contributed by atoms with Crippen LogP contribution in [0, 0.1) is 11.3 Å². The second-order valence-electron chi connectivity index (χ2n) is 11.0. The maximum Gasteiger partial charge on any atom is 0.407 e. The van der Waals surface area contributed by atoms with Gasteiger partial charge in [-0.1, -0.05) is 57.5 Å². The molecule has 2 aromatic rings. The van der Waals surface area contributed by atoms with E-state index in [0.29, 0.717) is 5.92 Å². The van der Waals surface area contributed by atoms with Gasteiger partial charge in [-0.2, -0.15) is 0 Å². The Bertz CT molecular complexity index is 1030. The second-order valence-corrected chi connectivity index (χ2v) is 11.0. The summed E-state index contributed by atoms with van der Waals surface area (Å²) >= 11 is 0. The number of hydrogen-bond donors (Lipinski definition) is 1. The van der Waals surface area contributed by atoms with Gasteiger partial charge < -0.3 is 14.8 Å². The van der Waals surface area contributed by atoms with Crippen LogP contribution in [0.3, 0.4) is 0 Å². The zero-order valence-electron chi connectivity index (χ0n) is 20.8. The summed E-state index contributed by atoms with van der Waals surface area (Å²) < 4.78 is 11.8. The van der Waals surface area contributed by atoms with Crippen molar-refractivity contribution in [1.29, 1.82) is 0 Å². The molecular formula is C29H38N2O3. The molecular weight excluding hydrogens is 424 g/mol. The highest BCUT2D eigenvalue weighted by Gasteiger charge is 2.42. The molecule has 2 bridgehead atoms. The molecule has 2 aromatic carbocycles. The van der Waals surface area contributed by atoms with Gasteiger partial charge >= 0.3 is 6.09 Å². The van der Waals surface area contributed by atoms with Crippen LogP contribution in [0.4, 0.5) is 4.79 Å². The Balaban J connectivity index is 1.29. The first-order valence-electron chi connectivity index (χ1n) is 13.0. The van der Waals surface area contributed by atoms with Gasteiger partial charge in [0.15, 0.2) is 0 Å². The van der Waals surface area contributed by atoms with Crippen LogP contribution in [0.25, 0.3) is 11.1 Å². The Morgan fingerprint density at radius 3 is 2.65 bits per heavy atom. The molecule has 0 saturated carbocycles. The molecule has 34 heavy (non-hydrogen) atoms. The van der Waals surface area contributed by atoms with Gasteiger partial charge in [0.2, 0.25) is 0 Å². The molecule has 1 unspecified atom stereocenters. The first kappa shape index (κ1) is 23.2. The van der Waals surface area contributed by atoms with Crippen LogP contribution >= 0.6 is 0 Å². The molecule has 3 saturated heterocycles. The number of rotatable bonds is 7. The van der Waals surface area contributed by atoms with E-state index in [0.717, 1.165) is 69.7 Å². The smallest absolute Gasteiger partial charge is 0.407 e. The number of hydrogen-bond acceptors (Lipinski definition) is 4. The second kappa shape index (κ2) is 9.61. The standard InChI is InChI=1S/C29H38N2O3/c1-4-5-15-33-24-8-6-7-21(17-24)22-9-10-25-23(16-22)18-29(2,3)27(25)30-28(32)34-26-19-31-13-11-20(26)12-14-31/h6-10,16-17,20,26-27H,4-5,11-15,18-19H2,1-3H3,(H,30,32)/t26-,27?/m0/s1. The van der Waals surface area contributed by atoms with Crippen LogP contribution in [0.15, 0.2) is 42.5 Å². The number of carbonyl (C=O) groups excluding carboxylic acids is 1. The molecule has 182 valence electrons. The summed E-state index contributed by atoms with van der Waals surface area (Å²) in [6.45, 7) is 10.6. The molecule has 4 aliphatic rings. The van der Waals surface area contributed by atoms with E-state index < -0.39 is 0 Å². The average Bonchev–Trinajstić information content (AvgIpc) is 3.08. The number of piperidine rings is 3. The lowest BCUT2D eigenvalue weighted by Gasteiger charge is -2.44. The Morgan fingerprint density at radius 1 is 1.12 bits per heavy atom. The van der Waals surface area contributed by atoms with Crippen molar-refractivity contribution in [1.82, 2.24) is 10.2 Å². The van der Waals surface area contributed by atoms with E-state index in [1.54, 1.807) is 0 Å². The molecule has 1 aliphatic carbocycles. The molecule has 6 rings (SSSR count). The number of unbranched alkanes of at least 4 members (excludes halogenated alkanes) is 1. The third-order valence-corrected chi connectivity index (χ3v) is 7.93. The molecule has 3 fully saturated rings. The zero-order valence-corrected chi connectivity index (χ0v) is 20.8. The van der Waals surface area contributed by atoms with Crippen molar-refractivity contribution in [2.24, 2.45) is 11.3 Å². The van der Waals surface area contributed by atoms with Gasteiger partial charge in [0, 0.05) is 6.54 Å². The SMILES string of the molecule is CCCCOc1cccc(-c2ccc3c(c2)CC(C)(C)C3NC(=O)O[C@H]2CN3CCC2CC3)c1. The average molecular weight is 463 g/mol. The Hall–Kier alpha value is -2.53. The number of carbonyl (C=O) groups is 1. The minimum atomic E-state index is -0.273. The monoisotopic (exact) mass is 462 g/mol. The van der Waals surface area contributed by atoms with Crippen molar-refractivity contribution in [3.63, 3.8) is 0 Å². The minimum Gasteiger partial charge on any atom is -0.494 e. The maximum absolute atomic E-state index is 12.9. The number of benzene rings is 2. The van der Waals surface area contributed by atoms with Crippen LogP contribution in [0.2, 0.25) is 0 Å². The fourth-order valence-electron chi connectivity index (χ4n) is 5.94. The van der Waals surface area contributed by atoms with Crippen molar-refractivity contribution >= 4 is 6.09 Å². The van der Waals surface area contributed by atoms with E-state index in [9.17, 15) is 4.79 Å². The number of amides is 1. The molecule has 3 aliphatic heterocycles. The summed E-state index contributed by atoms with van der Waals surface area (Å²) in [7, 11) is 0. The first-order chi connectivity index (χ1) is 16.4. The van der Waals surface area contributed by atoms with E-state index in [1.807, 2.05) is 6.07 Å². The molecule has 2 atom stereocenters. The predicted molar refractivity (Wildman–Crippen MR) is 135 cm³/mol. The molecule has 1 amide bonds. The minimum absolute atomic E-state index is 0.0284. The molecule has 5 heteroatoms. The summed E-state index contributed by atoms with van der Waals surface area (Å²) in [4.78, 5) is 15.3. The van der Waals surface area contributed by atoms with Gasteiger partial charge in [-0.15, -0.1) is 0 Å². The molecule has 0 radical (unpaired) electrons. The van der Waals surface area contributed by atoms with E-state index >= 15 is 0 Å². The topological polar surface area (TPSA) is 50.8 Å². The van der Waals surface area contributed by atoms with Crippen molar-refractivity contribution in [2.45, 2.75) is 65.0 Å². The lowest BCUT2D eigenvalue weighted by molar-refractivity contribution is -0.0348. The van der Waals surface area contributed by atoms with Gasteiger partial charge in [-0.05, 0) is 84.5 Å². The van der Waals surface area contributed by atoms with Crippen molar-refractivity contribution < 1.29 is 14.3 Å². The summed E-state index contributed by atoms with van der Waals surface area (Å²) in [5, 5.41) is 3.23. The number of fused-ring (bicyclic) bond motifs is 4. The molecule has 1 N–H and O–H groups in total. The lowest BCUT2D eigenvalue weighted by atomic mass is 9.85. The fraction of sp³-hybridized carbons (Fsp3) is 0.552. The summed E-state index contributed by atoms with van der Waals surface area (Å²) in [5.74, 6) is 1.44. The number of nitrogens with one attached hydrogen (secondary N) is 1. The normalized spacial score (nSPS) is 26.7. The quantitative estimate of drug-likeness (QED) is 0.515. The van der Waals surface area contributed by atoms with Crippen LogP contribution in [-0.2, 0) is 11.2 Å². The van der Waals surface area contributed by atoms with Crippen LogP contribution in [0.5, 0.6) is 5.75 Å². The Morgan fingerprint density at radius 2 is 1.91 bits per heavy atom. The summed E-state index contributed by atoms with van der Waals surface area (Å²) in [6.07, 6.45) is 5.16. The summed E-state index contributed by atoms with van der Waals surface area (Å²) in [5.41, 5.74) is 4.78. The van der Waals surface area contributed by atoms with Gasteiger partial charge in [-0.3, -0.25) is 4.90 Å². The van der Waals surface area contributed by atoms with Gasteiger partial charge in [0.05, 0.1) is 12.6 Å². The summed E-state index contributed by atoms with van der Waals surface area (Å²) in [6, 6.07) is 14.9. The van der Waals surface area contributed by atoms with Gasteiger partial charge in [0.25, 0.3) is 0 Å². The Kier molecular flexibility index (Phi) is 6.57. The third-order valence-electron chi connectivity index (χ3n) is 7.93. The Labute approximate surface area is 203 Å². The van der Waals surface area contributed by atoms with E-state index in [2.05, 4.69) is 67.4 Å². The van der Waals surface area contributed by atoms with Crippen LogP contribution in [0.1, 0.15) is 63.6 Å². The first-order valence-corrected chi connectivity index (χ1v) is 13.0.